The Bertz CT molecular complexity index is 526. The molecule has 2 nitrogen and oxygen atoms in total. The summed E-state index contributed by atoms with van der Waals surface area (Å²) >= 11 is 0. The molecule has 0 bridgehead atoms. The fraction of sp³-hybridized carbons (Fsp3) is 0.750. The SMILES string of the molecule is CCCC(C)CCC.CCc1nc(C)c(C=NC(C)CC)c(C)c1CC. The molecule has 0 fully saturated rings. The molecule has 0 aliphatic carbocycles. The molecule has 1 unspecified atom stereocenters. The smallest absolute Gasteiger partial charge is 0.0469 e. The zero-order valence-electron chi connectivity index (χ0n) is 19.1. The van der Waals surface area contributed by atoms with Crippen molar-refractivity contribution < 1.29 is 0 Å². The minimum absolute atomic E-state index is 0.389. The Morgan fingerprint density at radius 2 is 1.50 bits per heavy atom. The van der Waals surface area contributed by atoms with E-state index in [2.05, 4.69) is 67.3 Å². The van der Waals surface area contributed by atoms with Crippen LogP contribution < -0.4 is 0 Å². The van der Waals surface area contributed by atoms with E-state index in [9.17, 15) is 0 Å². The summed E-state index contributed by atoms with van der Waals surface area (Å²) in [6, 6.07) is 0.389. The zero-order valence-corrected chi connectivity index (χ0v) is 19.1. The van der Waals surface area contributed by atoms with E-state index in [4.69, 9.17) is 4.98 Å². The van der Waals surface area contributed by atoms with E-state index >= 15 is 0 Å². The van der Waals surface area contributed by atoms with Gasteiger partial charge in [0.15, 0.2) is 0 Å². The molecule has 1 rings (SSSR count). The van der Waals surface area contributed by atoms with E-state index < -0.39 is 0 Å². The van der Waals surface area contributed by atoms with E-state index in [1.807, 2.05) is 6.21 Å². The molecule has 1 aromatic heterocycles. The molecule has 0 aliphatic heterocycles. The summed E-state index contributed by atoms with van der Waals surface area (Å²) < 4.78 is 0. The van der Waals surface area contributed by atoms with Crippen LogP contribution in [-0.4, -0.2) is 17.2 Å². The van der Waals surface area contributed by atoms with Gasteiger partial charge >= 0.3 is 0 Å². The van der Waals surface area contributed by atoms with Gasteiger partial charge in [0, 0.05) is 29.2 Å². The first-order valence-electron chi connectivity index (χ1n) is 10.9. The fourth-order valence-electron chi connectivity index (χ4n) is 3.37. The largest absolute Gasteiger partial charge is 0.289 e. The van der Waals surface area contributed by atoms with Gasteiger partial charge in [-0.15, -0.1) is 0 Å². The molecule has 0 spiro atoms. The number of aromatic nitrogens is 1. The molecule has 0 aromatic carbocycles. The van der Waals surface area contributed by atoms with E-state index in [0.29, 0.717) is 6.04 Å². The molecule has 1 aromatic rings. The average Bonchev–Trinajstić information content (AvgIpc) is 2.61. The van der Waals surface area contributed by atoms with Crippen molar-refractivity contribution in [2.45, 2.75) is 113 Å². The minimum atomic E-state index is 0.389. The van der Waals surface area contributed by atoms with Crippen LogP contribution >= 0.6 is 0 Å². The summed E-state index contributed by atoms with van der Waals surface area (Å²) in [5, 5.41) is 0. The van der Waals surface area contributed by atoms with Crippen LogP contribution in [0, 0.1) is 19.8 Å². The minimum Gasteiger partial charge on any atom is -0.289 e. The Morgan fingerprint density at radius 3 is 1.92 bits per heavy atom. The van der Waals surface area contributed by atoms with Crippen LogP contribution in [0.3, 0.4) is 0 Å². The molecular weight excluding hydrogens is 316 g/mol. The predicted octanol–water partition coefficient (Wildman–Crippen LogP) is 7.26. The molecule has 0 saturated carbocycles. The first-order valence-corrected chi connectivity index (χ1v) is 10.9. The van der Waals surface area contributed by atoms with E-state index in [1.54, 1.807) is 0 Å². The van der Waals surface area contributed by atoms with Crippen molar-refractivity contribution in [3.8, 4) is 0 Å². The molecule has 1 heterocycles. The van der Waals surface area contributed by atoms with Crippen molar-refractivity contribution in [2.24, 2.45) is 10.9 Å². The van der Waals surface area contributed by atoms with Gasteiger partial charge in [0.2, 0.25) is 0 Å². The average molecular weight is 361 g/mol. The number of nitrogens with zero attached hydrogens (tertiary/aromatic N) is 2. The predicted molar refractivity (Wildman–Crippen MR) is 119 cm³/mol. The first-order chi connectivity index (χ1) is 12.4. The van der Waals surface area contributed by atoms with Gasteiger partial charge < -0.3 is 0 Å². The quantitative estimate of drug-likeness (QED) is 0.425. The number of hydrogen-bond donors (Lipinski definition) is 0. The highest BCUT2D eigenvalue weighted by atomic mass is 14.8. The Labute approximate surface area is 163 Å². The van der Waals surface area contributed by atoms with Crippen molar-refractivity contribution in [1.29, 1.82) is 0 Å². The summed E-state index contributed by atoms with van der Waals surface area (Å²) in [6.07, 6.45) is 10.7. The van der Waals surface area contributed by atoms with Gasteiger partial charge in [-0.1, -0.05) is 67.2 Å². The maximum Gasteiger partial charge on any atom is 0.0469 e. The maximum atomic E-state index is 4.74. The van der Waals surface area contributed by atoms with E-state index in [0.717, 1.165) is 30.9 Å². The summed E-state index contributed by atoms with van der Waals surface area (Å²) in [7, 11) is 0. The molecule has 2 heteroatoms. The van der Waals surface area contributed by atoms with Crippen LogP contribution in [0.25, 0.3) is 0 Å². The highest BCUT2D eigenvalue weighted by Gasteiger charge is 2.11. The molecule has 150 valence electrons. The molecule has 26 heavy (non-hydrogen) atoms. The number of aryl methyl sites for hydroxylation is 2. The molecule has 0 aliphatic rings. The third-order valence-corrected chi connectivity index (χ3v) is 5.20. The lowest BCUT2D eigenvalue weighted by molar-refractivity contribution is 0.480. The summed E-state index contributed by atoms with van der Waals surface area (Å²) in [4.78, 5) is 9.34. The van der Waals surface area contributed by atoms with Gasteiger partial charge in [-0.25, -0.2) is 0 Å². The lowest BCUT2D eigenvalue weighted by atomic mass is 9.97. The monoisotopic (exact) mass is 360 g/mol. The molecule has 0 amide bonds. The molecular formula is C24H44N2. The third-order valence-electron chi connectivity index (χ3n) is 5.20. The fourth-order valence-corrected chi connectivity index (χ4v) is 3.37. The molecule has 0 N–H and O–H groups in total. The molecule has 1 atom stereocenters. The van der Waals surface area contributed by atoms with Crippen LogP contribution in [0.4, 0.5) is 0 Å². The number of pyridine rings is 1. The molecule has 0 saturated heterocycles. The van der Waals surface area contributed by atoms with Gasteiger partial charge in [-0.2, -0.15) is 0 Å². The maximum absolute atomic E-state index is 4.74. The number of aliphatic imine (C=N–C) groups is 1. The van der Waals surface area contributed by atoms with Crippen LogP contribution in [0.5, 0.6) is 0 Å². The van der Waals surface area contributed by atoms with Crippen molar-refractivity contribution in [3.05, 3.63) is 28.1 Å². The number of rotatable bonds is 9. The van der Waals surface area contributed by atoms with Gasteiger partial charge in [0.1, 0.15) is 0 Å². The van der Waals surface area contributed by atoms with Gasteiger partial charge in [-0.05, 0) is 57.1 Å². The van der Waals surface area contributed by atoms with Crippen LogP contribution in [0.2, 0.25) is 0 Å². The second kappa shape index (κ2) is 13.9. The standard InChI is InChI=1S/C16H26N2.C8H18/c1-7-11(4)17-10-15-12(5)14(8-2)16(9-3)18-13(15)6;1-4-6-8(3)7-5-2/h10-11H,7-9H2,1-6H3;8H,4-7H2,1-3H3. The summed E-state index contributed by atoms with van der Waals surface area (Å²) in [5.74, 6) is 0.963. The Kier molecular flexibility index (Phi) is 13.3. The molecule has 0 radical (unpaired) electrons. The van der Waals surface area contributed by atoms with Crippen LogP contribution in [-0.2, 0) is 12.8 Å². The Balaban J connectivity index is 0.000000660. The third kappa shape index (κ3) is 8.47. The lowest BCUT2D eigenvalue weighted by Crippen LogP contribution is -2.07. The van der Waals surface area contributed by atoms with Gasteiger partial charge in [0.25, 0.3) is 0 Å². The van der Waals surface area contributed by atoms with Crippen molar-refractivity contribution in [1.82, 2.24) is 4.98 Å². The summed E-state index contributed by atoms with van der Waals surface area (Å²) in [6.45, 7) is 19.8. The topological polar surface area (TPSA) is 25.2 Å². The lowest BCUT2D eigenvalue weighted by Gasteiger charge is -2.14. The normalized spacial score (nSPS) is 12.4. The van der Waals surface area contributed by atoms with Crippen molar-refractivity contribution in [2.75, 3.05) is 0 Å². The van der Waals surface area contributed by atoms with Gasteiger partial charge in [0.05, 0.1) is 0 Å². The van der Waals surface area contributed by atoms with Crippen LogP contribution in [0.1, 0.15) is 109 Å². The van der Waals surface area contributed by atoms with Crippen molar-refractivity contribution >= 4 is 6.21 Å². The second-order valence-electron chi connectivity index (χ2n) is 7.59. The highest BCUT2D eigenvalue weighted by molar-refractivity contribution is 5.83. The van der Waals surface area contributed by atoms with Crippen LogP contribution in [0.15, 0.2) is 4.99 Å². The van der Waals surface area contributed by atoms with Crippen molar-refractivity contribution in [3.63, 3.8) is 0 Å². The first kappa shape index (κ1) is 24.8. The highest BCUT2D eigenvalue weighted by Crippen LogP contribution is 2.20. The van der Waals surface area contributed by atoms with E-state index in [1.165, 1.54) is 48.1 Å². The van der Waals surface area contributed by atoms with Gasteiger partial charge in [-0.3, -0.25) is 9.98 Å². The summed E-state index contributed by atoms with van der Waals surface area (Å²) in [5.41, 5.74) is 6.31. The number of hydrogen-bond acceptors (Lipinski definition) is 2. The Hall–Kier alpha value is -1.18. The second-order valence-corrected chi connectivity index (χ2v) is 7.59. The Morgan fingerprint density at radius 1 is 0.923 bits per heavy atom. The zero-order chi connectivity index (χ0) is 20.1. The van der Waals surface area contributed by atoms with E-state index in [-0.39, 0.29) is 0 Å².